The standard InChI is InChI=1S/C16H23NO4S/c1-11(2)13-6-8-15(9-7-13)22(20,21)17-10-14(16(18)19)5-4-12(17)3/h6-9,11-12,14H,4-5,10H2,1-3H3,(H,18,19). The fraction of sp³-hybridized carbons (Fsp3) is 0.562. The predicted octanol–water partition coefficient (Wildman–Crippen LogP) is 2.68. The molecule has 0 radical (unpaired) electrons. The molecule has 1 heterocycles. The van der Waals surface area contributed by atoms with Crippen LogP contribution in [0.15, 0.2) is 29.2 Å². The summed E-state index contributed by atoms with van der Waals surface area (Å²) >= 11 is 0. The van der Waals surface area contributed by atoms with Gasteiger partial charge in [-0.2, -0.15) is 4.31 Å². The Morgan fingerprint density at radius 2 is 1.82 bits per heavy atom. The first-order chi connectivity index (χ1) is 10.2. The van der Waals surface area contributed by atoms with Crippen molar-refractivity contribution in [3.8, 4) is 0 Å². The number of sulfonamides is 1. The molecule has 1 N–H and O–H groups in total. The van der Waals surface area contributed by atoms with Crippen LogP contribution in [-0.2, 0) is 14.8 Å². The van der Waals surface area contributed by atoms with Gasteiger partial charge in [-0.1, -0.05) is 26.0 Å². The number of hydrogen-bond donors (Lipinski definition) is 1. The first-order valence-electron chi connectivity index (χ1n) is 7.58. The Kier molecular flexibility index (Phi) is 4.92. The second-order valence-electron chi connectivity index (χ2n) is 6.26. The highest BCUT2D eigenvalue weighted by molar-refractivity contribution is 7.89. The first-order valence-corrected chi connectivity index (χ1v) is 9.02. The Hall–Kier alpha value is -1.40. The lowest BCUT2D eigenvalue weighted by atomic mass is 9.96. The van der Waals surface area contributed by atoms with E-state index < -0.39 is 21.9 Å². The molecule has 22 heavy (non-hydrogen) atoms. The fourth-order valence-electron chi connectivity index (χ4n) is 2.77. The van der Waals surface area contributed by atoms with Crippen LogP contribution in [0, 0.1) is 5.92 Å². The summed E-state index contributed by atoms with van der Waals surface area (Å²) in [5.41, 5.74) is 1.08. The van der Waals surface area contributed by atoms with E-state index in [2.05, 4.69) is 0 Å². The zero-order valence-corrected chi connectivity index (χ0v) is 14.0. The molecule has 1 aliphatic heterocycles. The molecular weight excluding hydrogens is 302 g/mol. The number of piperidine rings is 1. The third kappa shape index (κ3) is 3.33. The quantitative estimate of drug-likeness (QED) is 0.923. The molecule has 1 fully saturated rings. The number of hydrogen-bond acceptors (Lipinski definition) is 3. The SMILES string of the molecule is CC(C)c1ccc(S(=O)(=O)N2CC(C(=O)O)CCC2C)cc1. The second-order valence-corrected chi connectivity index (χ2v) is 8.15. The first kappa shape index (κ1) is 17.0. The molecule has 6 heteroatoms. The van der Waals surface area contributed by atoms with E-state index in [0.29, 0.717) is 18.8 Å². The van der Waals surface area contributed by atoms with Crippen molar-refractivity contribution in [1.82, 2.24) is 4.31 Å². The van der Waals surface area contributed by atoms with Crippen molar-refractivity contribution in [2.75, 3.05) is 6.54 Å². The smallest absolute Gasteiger partial charge is 0.307 e. The monoisotopic (exact) mass is 325 g/mol. The highest BCUT2D eigenvalue weighted by Gasteiger charge is 2.37. The highest BCUT2D eigenvalue weighted by Crippen LogP contribution is 2.29. The average molecular weight is 325 g/mol. The molecule has 1 aromatic carbocycles. The fourth-order valence-corrected chi connectivity index (χ4v) is 4.48. The predicted molar refractivity (Wildman–Crippen MR) is 84.2 cm³/mol. The van der Waals surface area contributed by atoms with Gasteiger partial charge >= 0.3 is 5.97 Å². The summed E-state index contributed by atoms with van der Waals surface area (Å²) in [6.45, 7) is 5.98. The van der Waals surface area contributed by atoms with Crippen LogP contribution in [0.5, 0.6) is 0 Å². The Labute approximate surface area is 132 Å². The van der Waals surface area contributed by atoms with Gasteiger partial charge in [-0.15, -0.1) is 0 Å². The van der Waals surface area contributed by atoms with E-state index in [4.69, 9.17) is 5.11 Å². The normalized spacial score (nSPS) is 23.6. The number of carboxylic acid groups (broad SMARTS) is 1. The zero-order chi connectivity index (χ0) is 16.5. The molecule has 1 saturated heterocycles. The van der Waals surface area contributed by atoms with Gasteiger partial charge in [0.2, 0.25) is 10.0 Å². The number of carboxylic acids is 1. The molecule has 0 aromatic heterocycles. The maximum atomic E-state index is 12.8. The van der Waals surface area contributed by atoms with Crippen LogP contribution in [0.4, 0.5) is 0 Å². The van der Waals surface area contributed by atoms with Crippen molar-refractivity contribution < 1.29 is 18.3 Å². The van der Waals surface area contributed by atoms with Gasteiger partial charge in [0, 0.05) is 12.6 Å². The third-order valence-electron chi connectivity index (χ3n) is 4.33. The van der Waals surface area contributed by atoms with E-state index in [1.807, 2.05) is 32.9 Å². The van der Waals surface area contributed by atoms with E-state index in [9.17, 15) is 13.2 Å². The van der Waals surface area contributed by atoms with Crippen LogP contribution < -0.4 is 0 Å². The molecule has 122 valence electrons. The Bertz CT molecular complexity index is 637. The summed E-state index contributed by atoms with van der Waals surface area (Å²) in [5, 5.41) is 9.15. The largest absolute Gasteiger partial charge is 0.481 e. The molecule has 2 rings (SSSR count). The summed E-state index contributed by atoms with van der Waals surface area (Å²) < 4.78 is 26.9. The summed E-state index contributed by atoms with van der Waals surface area (Å²) in [7, 11) is -3.65. The molecule has 0 aliphatic carbocycles. The van der Waals surface area contributed by atoms with E-state index in [0.717, 1.165) is 5.56 Å². The van der Waals surface area contributed by atoms with E-state index in [1.54, 1.807) is 12.1 Å². The van der Waals surface area contributed by atoms with Gasteiger partial charge in [0.15, 0.2) is 0 Å². The van der Waals surface area contributed by atoms with Crippen LogP contribution >= 0.6 is 0 Å². The Morgan fingerprint density at radius 3 is 2.32 bits per heavy atom. The maximum Gasteiger partial charge on any atom is 0.307 e. The molecule has 0 amide bonds. The third-order valence-corrected chi connectivity index (χ3v) is 6.32. The lowest BCUT2D eigenvalue weighted by Gasteiger charge is -2.35. The van der Waals surface area contributed by atoms with Gasteiger partial charge < -0.3 is 5.11 Å². The van der Waals surface area contributed by atoms with Crippen LogP contribution in [0.2, 0.25) is 0 Å². The summed E-state index contributed by atoms with van der Waals surface area (Å²) in [6.07, 6.45) is 1.09. The molecule has 2 unspecified atom stereocenters. The van der Waals surface area contributed by atoms with Crippen molar-refractivity contribution in [3.05, 3.63) is 29.8 Å². The number of benzene rings is 1. The average Bonchev–Trinajstić information content (AvgIpc) is 2.47. The lowest BCUT2D eigenvalue weighted by molar-refractivity contribution is -0.143. The Morgan fingerprint density at radius 1 is 1.23 bits per heavy atom. The molecule has 0 bridgehead atoms. The number of aliphatic carboxylic acids is 1. The van der Waals surface area contributed by atoms with Gasteiger partial charge in [0.1, 0.15) is 0 Å². The van der Waals surface area contributed by atoms with Crippen molar-refractivity contribution in [1.29, 1.82) is 0 Å². The summed E-state index contributed by atoms with van der Waals surface area (Å²) in [6, 6.07) is 6.69. The maximum absolute atomic E-state index is 12.8. The zero-order valence-electron chi connectivity index (χ0n) is 13.2. The van der Waals surface area contributed by atoms with Crippen molar-refractivity contribution in [2.24, 2.45) is 5.92 Å². The van der Waals surface area contributed by atoms with Gasteiger partial charge in [0.25, 0.3) is 0 Å². The lowest BCUT2D eigenvalue weighted by Crippen LogP contribution is -2.47. The minimum atomic E-state index is -3.65. The molecule has 1 aromatic rings. The van der Waals surface area contributed by atoms with Crippen LogP contribution in [-0.4, -0.2) is 36.4 Å². The van der Waals surface area contributed by atoms with Crippen molar-refractivity contribution >= 4 is 16.0 Å². The van der Waals surface area contributed by atoms with Gasteiger partial charge in [0.05, 0.1) is 10.8 Å². The molecular formula is C16H23NO4S. The van der Waals surface area contributed by atoms with E-state index >= 15 is 0 Å². The number of rotatable bonds is 4. The molecule has 1 aliphatic rings. The summed E-state index contributed by atoms with van der Waals surface area (Å²) in [4.78, 5) is 11.4. The van der Waals surface area contributed by atoms with Gasteiger partial charge in [-0.05, 0) is 43.4 Å². The van der Waals surface area contributed by atoms with Crippen molar-refractivity contribution in [3.63, 3.8) is 0 Å². The second kappa shape index (κ2) is 6.38. The van der Waals surface area contributed by atoms with Crippen LogP contribution in [0.3, 0.4) is 0 Å². The molecule has 0 spiro atoms. The minimum Gasteiger partial charge on any atom is -0.481 e. The van der Waals surface area contributed by atoms with Crippen molar-refractivity contribution in [2.45, 2.75) is 50.5 Å². The molecule has 2 atom stereocenters. The number of nitrogens with zero attached hydrogens (tertiary/aromatic N) is 1. The van der Waals surface area contributed by atoms with E-state index in [-0.39, 0.29) is 17.5 Å². The Balaban J connectivity index is 2.29. The molecule has 5 nitrogen and oxygen atoms in total. The van der Waals surface area contributed by atoms with Gasteiger partial charge in [-0.25, -0.2) is 8.42 Å². The highest BCUT2D eigenvalue weighted by atomic mass is 32.2. The molecule has 0 saturated carbocycles. The topological polar surface area (TPSA) is 74.7 Å². The minimum absolute atomic E-state index is 0.0464. The summed E-state index contributed by atoms with van der Waals surface area (Å²) in [5.74, 6) is -1.22. The number of carbonyl (C=O) groups is 1. The van der Waals surface area contributed by atoms with Crippen LogP contribution in [0.1, 0.15) is 45.1 Å². The van der Waals surface area contributed by atoms with Gasteiger partial charge in [-0.3, -0.25) is 4.79 Å². The van der Waals surface area contributed by atoms with E-state index in [1.165, 1.54) is 4.31 Å². The van der Waals surface area contributed by atoms with Crippen LogP contribution in [0.25, 0.3) is 0 Å².